The van der Waals surface area contributed by atoms with Gasteiger partial charge in [-0.05, 0) is 41.6 Å². The summed E-state index contributed by atoms with van der Waals surface area (Å²) in [5.74, 6) is 0. The molecule has 0 aromatic heterocycles. The van der Waals surface area contributed by atoms with Crippen molar-refractivity contribution in [3.63, 3.8) is 0 Å². The molecule has 4 rings (SSSR count). The van der Waals surface area contributed by atoms with Crippen LogP contribution < -0.4 is 5.32 Å². The molecule has 0 fully saturated rings. The first-order chi connectivity index (χ1) is 10.4. The van der Waals surface area contributed by atoms with Crippen molar-refractivity contribution in [2.45, 2.75) is 25.4 Å². The highest BCUT2D eigenvalue weighted by atomic mass is 15.2. The zero-order valence-corrected chi connectivity index (χ0v) is 12.4. The van der Waals surface area contributed by atoms with Crippen molar-refractivity contribution in [1.29, 1.82) is 0 Å². The fourth-order valence-corrected chi connectivity index (χ4v) is 3.72. The van der Waals surface area contributed by atoms with E-state index in [4.69, 9.17) is 0 Å². The van der Waals surface area contributed by atoms with Crippen LogP contribution in [-0.2, 0) is 19.4 Å². The van der Waals surface area contributed by atoms with Gasteiger partial charge in [-0.3, -0.25) is 4.90 Å². The Morgan fingerprint density at radius 2 is 1.67 bits per heavy atom. The van der Waals surface area contributed by atoms with Gasteiger partial charge >= 0.3 is 0 Å². The molecule has 0 bridgehead atoms. The SMILES string of the molecule is c1ccc2c(c1)CCN(CC1NCCc3ccccc31)C2. The van der Waals surface area contributed by atoms with Crippen LogP contribution in [0.2, 0.25) is 0 Å². The lowest BCUT2D eigenvalue weighted by Gasteiger charge is -2.35. The third-order valence-corrected chi connectivity index (χ3v) is 4.87. The van der Waals surface area contributed by atoms with Gasteiger partial charge in [0.1, 0.15) is 0 Å². The molecule has 0 saturated carbocycles. The van der Waals surface area contributed by atoms with Crippen molar-refractivity contribution in [3.05, 3.63) is 70.8 Å². The van der Waals surface area contributed by atoms with Crippen LogP contribution in [-0.4, -0.2) is 24.5 Å². The van der Waals surface area contributed by atoms with Gasteiger partial charge in [0.2, 0.25) is 0 Å². The Morgan fingerprint density at radius 3 is 2.57 bits per heavy atom. The minimum Gasteiger partial charge on any atom is -0.309 e. The largest absolute Gasteiger partial charge is 0.309 e. The second kappa shape index (κ2) is 5.63. The van der Waals surface area contributed by atoms with E-state index in [1.807, 2.05) is 0 Å². The molecular formula is C19H22N2. The average molecular weight is 278 g/mol. The Morgan fingerprint density at radius 1 is 0.905 bits per heavy atom. The molecular weight excluding hydrogens is 256 g/mol. The van der Waals surface area contributed by atoms with Gasteiger partial charge in [-0.1, -0.05) is 48.5 Å². The van der Waals surface area contributed by atoms with Crippen molar-refractivity contribution in [3.8, 4) is 0 Å². The molecule has 21 heavy (non-hydrogen) atoms. The lowest BCUT2D eigenvalue weighted by Crippen LogP contribution is -2.41. The molecule has 2 heterocycles. The van der Waals surface area contributed by atoms with E-state index in [1.54, 1.807) is 0 Å². The van der Waals surface area contributed by atoms with Gasteiger partial charge in [-0.25, -0.2) is 0 Å². The summed E-state index contributed by atoms with van der Waals surface area (Å²) < 4.78 is 0. The number of hydrogen-bond donors (Lipinski definition) is 1. The number of nitrogens with one attached hydrogen (secondary N) is 1. The van der Waals surface area contributed by atoms with E-state index in [1.165, 1.54) is 35.2 Å². The topological polar surface area (TPSA) is 15.3 Å². The van der Waals surface area contributed by atoms with Crippen molar-refractivity contribution in [2.24, 2.45) is 0 Å². The first-order valence-electron chi connectivity index (χ1n) is 8.00. The van der Waals surface area contributed by atoms with Gasteiger partial charge in [-0.2, -0.15) is 0 Å². The molecule has 2 aromatic carbocycles. The van der Waals surface area contributed by atoms with Gasteiger partial charge in [0.15, 0.2) is 0 Å². The molecule has 2 aliphatic rings. The summed E-state index contributed by atoms with van der Waals surface area (Å²) in [6.07, 6.45) is 2.35. The van der Waals surface area contributed by atoms with Crippen LogP contribution in [0.15, 0.2) is 48.5 Å². The molecule has 0 saturated heterocycles. The van der Waals surface area contributed by atoms with E-state index in [0.29, 0.717) is 6.04 Å². The third-order valence-electron chi connectivity index (χ3n) is 4.87. The average Bonchev–Trinajstić information content (AvgIpc) is 2.55. The van der Waals surface area contributed by atoms with Gasteiger partial charge in [-0.15, -0.1) is 0 Å². The first kappa shape index (κ1) is 13.1. The highest BCUT2D eigenvalue weighted by Gasteiger charge is 2.23. The van der Waals surface area contributed by atoms with E-state index < -0.39 is 0 Å². The molecule has 2 heteroatoms. The van der Waals surface area contributed by atoms with Crippen molar-refractivity contribution < 1.29 is 0 Å². The molecule has 1 unspecified atom stereocenters. The number of hydrogen-bond acceptors (Lipinski definition) is 2. The Bertz CT molecular complexity index is 635. The maximum absolute atomic E-state index is 3.70. The quantitative estimate of drug-likeness (QED) is 0.908. The van der Waals surface area contributed by atoms with Crippen molar-refractivity contribution in [1.82, 2.24) is 10.2 Å². The fraction of sp³-hybridized carbons (Fsp3) is 0.368. The zero-order valence-electron chi connectivity index (χ0n) is 12.4. The van der Waals surface area contributed by atoms with E-state index in [0.717, 1.165) is 26.1 Å². The third kappa shape index (κ3) is 2.61. The summed E-state index contributed by atoms with van der Waals surface area (Å²) in [5.41, 5.74) is 6.07. The molecule has 1 N–H and O–H groups in total. The monoisotopic (exact) mass is 278 g/mol. The van der Waals surface area contributed by atoms with Crippen LogP contribution in [0.4, 0.5) is 0 Å². The first-order valence-corrected chi connectivity index (χ1v) is 8.00. The van der Waals surface area contributed by atoms with Gasteiger partial charge < -0.3 is 5.32 Å². The maximum atomic E-state index is 3.70. The van der Waals surface area contributed by atoms with Crippen LogP contribution in [0.5, 0.6) is 0 Å². The highest BCUT2D eigenvalue weighted by molar-refractivity contribution is 5.33. The second-order valence-corrected chi connectivity index (χ2v) is 6.21. The number of fused-ring (bicyclic) bond motifs is 2. The van der Waals surface area contributed by atoms with Crippen LogP contribution in [0.1, 0.15) is 28.3 Å². The van der Waals surface area contributed by atoms with Crippen molar-refractivity contribution >= 4 is 0 Å². The minimum atomic E-state index is 0.486. The van der Waals surface area contributed by atoms with Crippen LogP contribution in [0.25, 0.3) is 0 Å². The molecule has 0 radical (unpaired) electrons. The summed E-state index contributed by atoms with van der Waals surface area (Å²) in [6.45, 7) is 4.49. The molecule has 2 aromatic rings. The van der Waals surface area contributed by atoms with Crippen LogP contribution in [0, 0.1) is 0 Å². The zero-order chi connectivity index (χ0) is 14.1. The van der Waals surface area contributed by atoms with E-state index >= 15 is 0 Å². The Kier molecular flexibility index (Phi) is 3.50. The Hall–Kier alpha value is -1.64. The molecule has 108 valence electrons. The van der Waals surface area contributed by atoms with E-state index in [9.17, 15) is 0 Å². The summed E-state index contributed by atoms with van der Waals surface area (Å²) >= 11 is 0. The minimum absolute atomic E-state index is 0.486. The summed E-state index contributed by atoms with van der Waals surface area (Å²) in [4.78, 5) is 2.60. The molecule has 0 spiro atoms. The normalized spacial score (nSPS) is 21.6. The molecule has 0 aliphatic carbocycles. The smallest absolute Gasteiger partial charge is 0.0452 e. The number of nitrogens with zero attached hydrogens (tertiary/aromatic N) is 1. The Labute approximate surface area is 126 Å². The summed E-state index contributed by atoms with van der Waals surface area (Å²) in [7, 11) is 0. The lowest BCUT2D eigenvalue weighted by atomic mass is 9.93. The Balaban J connectivity index is 1.51. The molecule has 2 nitrogen and oxygen atoms in total. The van der Waals surface area contributed by atoms with Gasteiger partial charge in [0, 0.05) is 25.7 Å². The lowest BCUT2D eigenvalue weighted by molar-refractivity contribution is 0.222. The number of benzene rings is 2. The highest BCUT2D eigenvalue weighted by Crippen LogP contribution is 2.26. The summed E-state index contributed by atoms with van der Waals surface area (Å²) in [6, 6.07) is 18.3. The number of rotatable bonds is 2. The van der Waals surface area contributed by atoms with Gasteiger partial charge in [0.05, 0.1) is 0 Å². The maximum Gasteiger partial charge on any atom is 0.0452 e. The van der Waals surface area contributed by atoms with E-state index in [-0.39, 0.29) is 0 Å². The second-order valence-electron chi connectivity index (χ2n) is 6.21. The van der Waals surface area contributed by atoms with Gasteiger partial charge in [0.25, 0.3) is 0 Å². The van der Waals surface area contributed by atoms with Crippen LogP contribution in [0.3, 0.4) is 0 Å². The predicted molar refractivity (Wildman–Crippen MR) is 86.3 cm³/mol. The summed E-state index contributed by atoms with van der Waals surface area (Å²) in [5, 5.41) is 3.70. The molecule has 0 amide bonds. The molecule has 1 atom stereocenters. The molecule has 2 aliphatic heterocycles. The standard InChI is InChI=1S/C19H22N2/c1-2-7-17-13-21(12-10-15(17)5-1)14-19-18-8-4-3-6-16(18)9-11-20-19/h1-8,19-20H,9-14H2. The van der Waals surface area contributed by atoms with Crippen LogP contribution >= 0.6 is 0 Å². The van der Waals surface area contributed by atoms with E-state index in [2.05, 4.69) is 58.7 Å². The fourth-order valence-electron chi connectivity index (χ4n) is 3.72. The predicted octanol–water partition coefficient (Wildman–Crippen LogP) is 2.93. The van der Waals surface area contributed by atoms with Crippen molar-refractivity contribution in [2.75, 3.05) is 19.6 Å².